The van der Waals surface area contributed by atoms with Gasteiger partial charge >= 0.3 is 0 Å². The molecule has 0 aliphatic carbocycles. The molecule has 32 heavy (non-hydrogen) atoms. The standard InChI is InChI=1S/C26H32N4O2/c27-16-9-19-30(24-12-3-1-4-13-24)26(32)15-14-25(31)28-20-22-10-5-6-11-23(22)21-29-17-7-2-8-18-29/h1,3-6,10-13H,2,7-9,14-15,17-21H2,(H,28,31). The van der Waals surface area contributed by atoms with Crippen molar-refractivity contribution in [3.63, 3.8) is 0 Å². The molecule has 0 bridgehead atoms. The summed E-state index contributed by atoms with van der Waals surface area (Å²) in [6.07, 6.45) is 4.30. The third-order valence-corrected chi connectivity index (χ3v) is 5.82. The minimum absolute atomic E-state index is 0.113. The van der Waals surface area contributed by atoms with Gasteiger partial charge in [-0.2, -0.15) is 5.26 Å². The number of para-hydroxylation sites is 1. The molecular weight excluding hydrogens is 400 g/mol. The van der Waals surface area contributed by atoms with Gasteiger partial charge in [0.2, 0.25) is 11.8 Å². The first-order valence-electron chi connectivity index (χ1n) is 11.5. The van der Waals surface area contributed by atoms with Crippen molar-refractivity contribution in [3.8, 4) is 6.07 Å². The number of amides is 2. The van der Waals surface area contributed by atoms with E-state index in [-0.39, 0.29) is 31.1 Å². The number of anilines is 1. The lowest BCUT2D eigenvalue weighted by Gasteiger charge is -2.27. The highest BCUT2D eigenvalue weighted by molar-refractivity contribution is 5.95. The molecule has 0 atom stereocenters. The van der Waals surface area contributed by atoms with E-state index in [0.717, 1.165) is 30.9 Å². The minimum atomic E-state index is -0.146. The van der Waals surface area contributed by atoms with Crippen molar-refractivity contribution in [3.05, 3.63) is 65.7 Å². The number of nitrogens with one attached hydrogen (secondary N) is 1. The maximum absolute atomic E-state index is 12.7. The average molecular weight is 433 g/mol. The van der Waals surface area contributed by atoms with Gasteiger partial charge in [-0.3, -0.25) is 14.5 Å². The van der Waals surface area contributed by atoms with Crippen LogP contribution in [-0.4, -0.2) is 36.3 Å². The summed E-state index contributed by atoms with van der Waals surface area (Å²) in [4.78, 5) is 29.2. The Morgan fingerprint density at radius 2 is 1.62 bits per heavy atom. The normalized spacial score (nSPS) is 13.8. The largest absolute Gasteiger partial charge is 0.352 e. The number of hydrogen-bond acceptors (Lipinski definition) is 4. The molecule has 168 valence electrons. The van der Waals surface area contributed by atoms with E-state index in [9.17, 15) is 9.59 Å². The SMILES string of the molecule is N#CCCN(C(=O)CCC(=O)NCc1ccccc1CN1CCCCC1)c1ccccc1. The lowest BCUT2D eigenvalue weighted by molar-refractivity contribution is -0.125. The fourth-order valence-corrected chi connectivity index (χ4v) is 4.05. The molecule has 1 fully saturated rings. The maximum atomic E-state index is 12.7. The van der Waals surface area contributed by atoms with Gasteiger partial charge in [-0.25, -0.2) is 0 Å². The second kappa shape index (κ2) is 12.6. The number of nitrogens with zero attached hydrogens (tertiary/aromatic N) is 3. The van der Waals surface area contributed by atoms with E-state index < -0.39 is 0 Å². The molecule has 0 saturated carbocycles. The van der Waals surface area contributed by atoms with Gasteiger partial charge in [0, 0.05) is 38.2 Å². The molecule has 1 heterocycles. The van der Waals surface area contributed by atoms with Crippen molar-refractivity contribution in [2.24, 2.45) is 0 Å². The quantitative estimate of drug-likeness (QED) is 0.615. The molecule has 6 nitrogen and oxygen atoms in total. The second-order valence-electron chi connectivity index (χ2n) is 8.17. The van der Waals surface area contributed by atoms with Crippen LogP contribution in [0.25, 0.3) is 0 Å². The van der Waals surface area contributed by atoms with Crippen LogP contribution in [0.15, 0.2) is 54.6 Å². The van der Waals surface area contributed by atoms with E-state index in [1.54, 1.807) is 4.90 Å². The molecule has 6 heteroatoms. The van der Waals surface area contributed by atoms with Gasteiger partial charge in [-0.15, -0.1) is 0 Å². The zero-order valence-corrected chi connectivity index (χ0v) is 18.6. The summed E-state index contributed by atoms with van der Waals surface area (Å²) in [5.41, 5.74) is 3.12. The van der Waals surface area contributed by atoms with Crippen molar-refractivity contribution in [2.75, 3.05) is 24.5 Å². The predicted octanol–water partition coefficient (Wildman–Crippen LogP) is 4.02. The molecule has 2 aromatic rings. The van der Waals surface area contributed by atoms with Gasteiger partial charge < -0.3 is 10.2 Å². The van der Waals surface area contributed by atoms with Crippen molar-refractivity contribution >= 4 is 17.5 Å². The molecule has 3 rings (SSSR count). The van der Waals surface area contributed by atoms with Crippen LogP contribution in [0.2, 0.25) is 0 Å². The number of rotatable bonds is 10. The maximum Gasteiger partial charge on any atom is 0.227 e. The Bertz CT molecular complexity index is 917. The Morgan fingerprint density at radius 1 is 0.938 bits per heavy atom. The summed E-state index contributed by atoms with van der Waals surface area (Å²) in [6.45, 7) is 3.97. The fraction of sp³-hybridized carbons (Fsp3) is 0.423. The Morgan fingerprint density at radius 3 is 2.34 bits per heavy atom. The van der Waals surface area contributed by atoms with Crippen LogP contribution in [0.1, 0.15) is 49.7 Å². The van der Waals surface area contributed by atoms with Gasteiger partial charge in [0.05, 0.1) is 12.5 Å². The van der Waals surface area contributed by atoms with Crippen molar-refractivity contribution in [2.45, 2.75) is 51.6 Å². The monoisotopic (exact) mass is 432 g/mol. The lowest BCUT2D eigenvalue weighted by atomic mass is 10.0. The van der Waals surface area contributed by atoms with E-state index in [2.05, 4.69) is 28.4 Å². The molecule has 1 N–H and O–H groups in total. The zero-order valence-electron chi connectivity index (χ0n) is 18.6. The Balaban J connectivity index is 1.50. The van der Waals surface area contributed by atoms with Crippen LogP contribution in [0.3, 0.4) is 0 Å². The highest BCUT2D eigenvalue weighted by Gasteiger charge is 2.17. The Labute approximate surface area is 190 Å². The average Bonchev–Trinajstić information content (AvgIpc) is 2.84. The summed E-state index contributed by atoms with van der Waals surface area (Å²) in [5, 5.41) is 11.9. The third kappa shape index (κ3) is 7.21. The van der Waals surface area contributed by atoms with Gasteiger partial charge in [0.1, 0.15) is 0 Å². The number of hydrogen-bond donors (Lipinski definition) is 1. The molecule has 0 radical (unpaired) electrons. The number of nitriles is 1. The molecule has 0 aromatic heterocycles. The van der Waals surface area contributed by atoms with Gasteiger partial charge in [0.25, 0.3) is 0 Å². The summed E-state index contributed by atoms with van der Waals surface area (Å²) < 4.78 is 0. The molecule has 0 spiro atoms. The van der Waals surface area contributed by atoms with Crippen LogP contribution in [0.5, 0.6) is 0 Å². The van der Waals surface area contributed by atoms with Crippen LogP contribution in [0, 0.1) is 11.3 Å². The van der Waals surface area contributed by atoms with E-state index in [1.807, 2.05) is 42.5 Å². The number of piperidine rings is 1. The molecule has 2 amide bonds. The van der Waals surface area contributed by atoms with Crippen molar-refractivity contribution in [1.82, 2.24) is 10.2 Å². The number of benzene rings is 2. The summed E-state index contributed by atoms with van der Waals surface area (Å²) in [7, 11) is 0. The Kier molecular flexibility index (Phi) is 9.27. The summed E-state index contributed by atoms with van der Waals surface area (Å²) in [5.74, 6) is -0.286. The number of likely N-dealkylation sites (tertiary alicyclic amines) is 1. The van der Waals surface area contributed by atoms with Crippen LogP contribution < -0.4 is 10.2 Å². The summed E-state index contributed by atoms with van der Waals surface area (Å²) in [6, 6.07) is 19.6. The highest BCUT2D eigenvalue weighted by atomic mass is 16.2. The van der Waals surface area contributed by atoms with Crippen LogP contribution in [0.4, 0.5) is 5.69 Å². The van der Waals surface area contributed by atoms with E-state index in [0.29, 0.717) is 13.1 Å². The second-order valence-corrected chi connectivity index (χ2v) is 8.17. The molecular formula is C26H32N4O2. The molecule has 1 aliphatic heterocycles. The van der Waals surface area contributed by atoms with Crippen LogP contribution >= 0.6 is 0 Å². The van der Waals surface area contributed by atoms with Gasteiger partial charge in [0.15, 0.2) is 0 Å². The van der Waals surface area contributed by atoms with Crippen molar-refractivity contribution < 1.29 is 9.59 Å². The minimum Gasteiger partial charge on any atom is -0.352 e. The van der Waals surface area contributed by atoms with Crippen LogP contribution in [-0.2, 0) is 22.7 Å². The Hall–Kier alpha value is -3.17. The first-order chi connectivity index (χ1) is 15.7. The van der Waals surface area contributed by atoms with E-state index in [4.69, 9.17) is 5.26 Å². The molecule has 1 saturated heterocycles. The molecule has 1 aliphatic rings. The molecule has 0 unspecified atom stereocenters. The third-order valence-electron chi connectivity index (χ3n) is 5.82. The summed E-state index contributed by atoms with van der Waals surface area (Å²) >= 11 is 0. The predicted molar refractivity (Wildman–Crippen MR) is 126 cm³/mol. The van der Waals surface area contributed by atoms with Gasteiger partial charge in [-0.1, -0.05) is 48.9 Å². The first-order valence-corrected chi connectivity index (χ1v) is 11.5. The van der Waals surface area contributed by atoms with E-state index in [1.165, 1.54) is 24.8 Å². The number of carbonyl (C=O) groups is 2. The van der Waals surface area contributed by atoms with E-state index >= 15 is 0 Å². The topological polar surface area (TPSA) is 76.4 Å². The first kappa shape index (κ1) is 23.5. The highest BCUT2D eigenvalue weighted by Crippen LogP contribution is 2.17. The molecule has 2 aromatic carbocycles. The fourth-order valence-electron chi connectivity index (χ4n) is 4.05. The lowest BCUT2D eigenvalue weighted by Crippen LogP contribution is -2.33. The van der Waals surface area contributed by atoms with Gasteiger partial charge in [-0.05, 0) is 49.2 Å². The zero-order chi connectivity index (χ0) is 22.6. The van der Waals surface area contributed by atoms with Crippen molar-refractivity contribution in [1.29, 1.82) is 5.26 Å². The smallest absolute Gasteiger partial charge is 0.227 e. The number of carbonyl (C=O) groups excluding carboxylic acids is 2.